The lowest BCUT2D eigenvalue weighted by Gasteiger charge is -2.28. The molecule has 0 radical (unpaired) electrons. The zero-order chi connectivity index (χ0) is 13.0. The zero-order valence-corrected chi connectivity index (χ0v) is 11.5. The van der Waals surface area contributed by atoms with Crippen LogP contribution in [0.2, 0.25) is 0 Å². The van der Waals surface area contributed by atoms with Crippen LogP contribution < -0.4 is 10.5 Å². The summed E-state index contributed by atoms with van der Waals surface area (Å²) < 4.78 is 5.33. The predicted molar refractivity (Wildman–Crippen MR) is 75.0 cm³/mol. The highest BCUT2D eigenvalue weighted by Gasteiger charge is 2.23. The molecule has 0 bridgehead atoms. The summed E-state index contributed by atoms with van der Waals surface area (Å²) >= 11 is 0. The SMILES string of the molecule is COc1ccc(C(CCN)N2CCCC2)cc1C. The number of nitrogens with two attached hydrogens (primary N) is 1. The van der Waals surface area contributed by atoms with E-state index in [9.17, 15) is 0 Å². The number of methoxy groups -OCH3 is 1. The molecule has 0 saturated carbocycles. The van der Waals surface area contributed by atoms with Crippen LogP contribution >= 0.6 is 0 Å². The van der Waals surface area contributed by atoms with E-state index < -0.39 is 0 Å². The fraction of sp³-hybridized carbons (Fsp3) is 0.600. The molecule has 1 aliphatic rings. The van der Waals surface area contributed by atoms with Crippen molar-refractivity contribution >= 4 is 0 Å². The average Bonchev–Trinajstić information content (AvgIpc) is 2.89. The van der Waals surface area contributed by atoms with Crippen molar-refractivity contribution < 1.29 is 4.74 Å². The van der Waals surface area contributed by atoms with Gasteiger partial charge in [0.2, 0.25) is 0 Å². The molecule has 0 amide bonds. The Bertz CT molecular complexity index is 386. The molecule has 100 valence electrons. The van der Waals surface area contributed by atoms with Gasteiger partial charge in [0.25, 0.3) is 0 Å². The molecule has 0 aromatic heterocycles. The maximum Gasteiger partial charge on any atom is 0.121 e. The van der Waals surface area contributed by atoms with E-state index in [1.807, 2.05) is 0 Å². The Hall–Kier alpha value is -1.06. The molecule has 2 N–H and O–H groups in total. The third-order valence-electron chi connectivity index (χ3n) is 3.83. The molecule has 1 aliphatic heterocycles. The quantitative estimate of drug-likeness (QED) is 0.870. The van der Waals surface area contributed by atoms with Crippen LogP contribution in [-0.4, -0.2) is 31.6 Å². The summed E-state index contributed by atoms with van der Waals surface area (Å²) in [5.74, 6) is 0.965. The van der Waals surface area contributed by atoms with Crippen molar-refractivity contribution in [2.24, 2.45) is 5.73 Å². The molecule has 0 spiro atoms. The number of benzene rings is 1. The second-order valence-corrected chi connectivity index (χ2v) is 5.07. The molecule has 0 aliphatic carbocycles. The van der Waals surface area contributed by atoms with Gasteiger partial charge >= 0.3 is 0 Å². The van der Waals surface area contributed by atoms with Crippen molar-refractivity contribution in [3.8, 4) is 5.75 Å². The summed E-state index contributed by atoms with van der Waals surface area (Å²) in [5, 5.41) is 0. The minimum Gasteiger partial charge on any atom is -0.496 e. The maximum atomic E-state index is 5.78. The van der Waals surface area contributed by atoms with Crippen LogP contribution in [0.1, 0.15) is 36.4 Å². The van der Waals surface area contributed by atoms with E-state index in [-0.39, 0.29) is 0 Å². The Morgan fingerprint density at radius 3 is 2.61 bits per heavy atom. The molecule has 3 heteroatoms. The van der Waals surface area contributed by atoms with Crippen LogP contribution in [0.25, 0.3) is 0 Å². The molecule has 1 heterocycles. The lowest BCUT2D eigenvalue weighted by molar-refractivity contribution is 0.235. The highest BCUT2D eigenvalue weighted by Crippen LogP contribution is 2.30. The highest BCUT2D eigenvalue weighted by atomic mass is 16.5. The summed E-state index contributed by atoms with van der Waals surface area (Å²) in [6.07, 6.45) is 3.66. The molecular formula is C15H24N2O. The molecule has 1 aromatic rings. The molecular weight excluding hydrogens is 224 g/mol. The standard InChI is InChI=1S/C15H24N2O/c1-12-11-13(5-6-15(12)18-2)14(7-8-16)17-9-3-4-10-17/h5-6,11,14H,3-4,7-10,16H2,1-2H3. The third kappa shape index (κ3) is 2.85. The molecule has 2 rings (SSSR count). The first-order valence-corrected chi connectivity index (χ1v) is 6.85. The van der Waals surface area contributed by atoms with E-state index >= 15 is 0 Å². The lowest BCUT2D eigenvalue weighted by Crippen LogP contribution is -2.27. The van der Waals surface area contributed by atoms with Gasteiger partial charge in [0.15, 0.2) is 0 Å². The molecule has 1 fully saturated rings. The smallest absolute Gasteiger partial charge is 0.121 e. The van der Waals surface area contributed by atoms with E-state index in [0.29, 0.717) is 6.04 Å². The normalized spacial score (nSPS) is 17.9. The van der Waals surface area contributed by atoms with Gasteiger partial charge in [-0.25, -0.2) is 0 Å². The van der Waals surface area contributed by atoms with Gasteiger partial charge in [0, 0.05) is 6.04 Å². The minimum atomic E-state index is 0.474. The Morgan fingerprint density at radius 1 is 1.33 bits per heavy atom. The predicted octanol–water partition coefficient (Wildman–Crippen LogP) is 2.49. The number of nitrogens with zero attached hydrogens (tertiary/aromatic N) is 1. The summed E-state index contributed by atoms with van der Waals surface area (Å²) in [6, 6.07) is 6.98. The van der Waals surface area contributed by atoms with Crippen molar-refractivity contribution in [1.29, 1.82) is 0 Å². The average molecular weight is 248 g/mol. The van der Waals surface area contributed by atoms with Crippen molar-refractivity contribution in [2.75, 3.05) is 26.7 Å². The van der Waals surface area contributed by atoms with Crippen molar-refractivity contribution in [2.45, 2.75) is 32.2 Å². The van der Waals surface area contributed by atoms with Gasteiger partial charge in [-0.2, -0.15) is 0 Å². The van der Waals surface area contributed by atoms with Gasteiger partial charge in [-0.1, -0.05) is 12.1 Å². The summed E-state index contributed by atoms with van der Waals surface area (Å²) in [6.45, 7) is 5.25. The topological polar surface area (TPSA) is 38.5 Å². The van der Waals surface area contributed by atoms with Gasteiger partial charge in [-0.3, -0.25) is 4.90 Å². The van der Waals surface area contributed by atoms with Crippen molar-refractivity contribution in [1.82, 2.24) is 4.90 Å². The number of hydrogen-bond donors (Lipinski definition) is 1. The third-order valence-corrected chi connectivity index (χ3v) is 3.83. The van der Waals surface area contributed by atoms with Crippen LogP contribution in [0.5, 0.6) is 5.75 Å². The summed E-state index contributed by atoms with van der Waals surface area (Å²) in [7, 11) is 1.72. The number of rotatable bonds is 5. The van der Waals surface area contributed by atoms with Crippen LogP contribution in [-0.2, 0) is 0 Å². The largest absolute Gasteiger partial charge is 0.496 e. The number of likely N-dealkylation sites (tertiary alicyclic amines) is 1. The van der Waals surface area contributed by atoms with E-state index in [4.69, 9.17) is 10.5 Å². The molecule has 3 nitrogen and oxygen atoms in total. The molecule has 1 unspecified atom stereocenters. The Kier molecular flexibility index (Phi) is 4.61. The molecule has 1 aromatic carbocycles. The molecule has 18 heavy (non-hydrogen) atoms. The first-order valence-electron chi connectivity index (χ1n) is 6.85. The number of ether oxygens (including phenoxy) is 1. The highest BCUT2D eigenvalue weighted by molar-refractivity contribution is 5.37. The van der Waals surface area contributed by atoms with Gasteiger partial charge in [-0.15, -0.1) is 0 Å². The second-order valence-electron chi connectivity index (χ2n) is 5.07. The summed E-state index contributed by atoms with van der Waals surface area (Å²) in [5.41, 5.74) is 8.36. The van der Waals surface area contributed by atoms with Gasteiger partial charge < -0.3 is 10.5 Å². The summed E-state index contributed by atoms with van der Waals surface area (Å²) in [4.78, 5) is 2.56. The molecule has 1 atom stereocenters. The number of aryl methyl sites for hydroxylation is 1. The van der Waals surface area contributed by atoms with Crippen molar-refractivity contribution in [3.63, 3.8) is 0 Å². The first kappa shape index (κ1) is 13.4. The minimum absolute atomic E-state index is 0.474. The van der Waals surface area contributed by atoms with E-state index in [1.54, 1.807) is 7.11 Å². The van der Waals surface area contributed by atoms with E-state index in [1.165, 1.54) is 37.1 Å². The van der Waals surface area contributed by atoms with E-state index in [0.717, 1.165) is 18.7 Å². The Morgan fingerprint density at radius 2 is 2.06 bits per heavy atom. The molecule has 1 saturated heterocycles. The fourth-order valence-corrected chi connectivity index (χ4v) is 2.88. The van der Waals surface area contributed by atoms with Gasteiger partial charge in [0.05, 0.1) is 7.11 Å². The second kappa shape index (κ2) is 6.21. The Labute approximate surface area is 110 Å². The van der Waals surface area contributed by atoms with Crippen LogP contribution in [0.15, 0.2) is 18.2 Å². The zero-order valence-electron chi connectivity index (χ0n) is 11.5. The monoisotopic (exact) mass is 248 g/mol. The number of hydrogen-bond acceptors (Lipinski definition) is 3. The lowest BCUT2D eigenvalue weighted by atomic mass is 10.00. The maximum absolute atomic E-state index is 5.78. The van der Waals surface area contributed by atoms with E-state index in [2.05, 4.69) is 30.0 Å². The van der Waals surface area contributed by atoms with Crippen LogP contribution in [0.3, 0.4) is 0 Å². The first-order chi connectivity index (χ1) is 8.76. The van der Waals surface area contributed by atoms with Crippen LogP contribution in [0, 0.1) is 6.92 Å². The Balaban J connectivity index is 2.21. The van der Waals surface area contributed by atoms with Crippen LogP contribution in [0.4, 0.5) is 0 Å². The van der Waals surface area contributed by atoms with Crippen molar-refractivity contribution in [3.05, 3.63) is 29.3 Å². The van der Waals surface area contributed by atoms with Gasteiger partial charge in [0.1, 0.15) is 5.75 Å². The van der Waals surface area contributed by atoms with Gasteiger partial charge in [-0.05, 0) is 63.0 Å². The fourth-order valence-electron chi connectivity index (χ4n) is 2.88.